The molecule has 1 fully saturated rings. The van der Waals surface area contributed by atoms with Crippen molar-refractivity contribution in [1.29, 1.82) is 0 Å². The summed E-state index contributed by atoms with van der Waals surface area (Å²) < 4.78 is 123. The average molecular weight is 811 g/mol. The lowest BCUT2D eigenvalue weighted by Crippen LogP contribution is -2.48. The molecule has 4 aromatic carbocycles. The third-order valence-corrected chi connectivity index (χ3v) is 11.2. The van der Waals surface area contributed by atoms with Crippen molar-refractivity contribution in [3.05, 3.63) is 122 Å². The van der Waals surface area contributed by atoms with Gasteiger partial charge in [0.2, 0.25) is 21.7 Å². The van der Waals surface area contributed by atoms with E-state index < -0.39 is 92.2 Å². The summed E-state index contributed by atoms with van der Waals surface area (Å²) in [5.41, 5.74) is 1.08. The van der Waals surface area contributed by atoms with Gasteiger partial charge in [0.15, 0.2) is 28.2 Å². The number of aromatic carboxylic acids is 1. The van der Waals surface area contributed by atoms with Gasteiger partial charge in [0.25, 0.3) is 0 Å². The van der Waals surface area contributed by atoms with Crippen LogP contribution in [0.5, 0.6) is 5.75 Å². The van der Waals surface area contributed by atoms with Crippen LogP contribution in [0.15, 0.2) is 59.5 Å². The summed E-state index contributed by atoms with van der Waals surface area (Å²) in [6, 6.07) is 9.59. The van der Waals surface area contributed by atoms with Gasteiger partial charge < -0.3 is 15.2 Å². The highest BCUT2D eigenvalue weighted by molar-refractivity contribution is 7.89. The molecule has 1 unspecified atom stereocenters. The predicted octanol–water partition coefficient (Wildman–Crippen LogP) is 9.28. The first-order chi connectivity index (χ1) is 25.6. The van der Waals surface area contributed by atoms with Gasteiger partial charge in [-0.05, 0) is 97.0 Å². The van der Waals surface area contributed by atoms with Gasteiger partial charge in [0.05, 0.1) is 17.4 Å². The Labute approximate surface area is 319 Å². The normalized spacial score (nSPS) is 14.0. The van der Waals surface area contributed by atoms with Gasteiger partial charge in [-0.3, -0.25) is 4.79 Å². The number of amides is 1. The van der Waals surface area contributed by atoms with Crippen molar-refractivity contribution in [3.63, 3.8) is 0 Å². The molecule has 294 valence electrons. The number of sulfonamides is 1. The van der Waals surface area contributed by atoms with Crippen molar-refractivity contribution in [3.8, 4) is 5.75 Å². The van der Waals surface area contributed by atoms with Crippen LogP contribution < -0.4 is 10.1 Å². The lowest BCUT2D eigenvalue weighted by Gasteiger charge is -2.32. The number of carbonyl (C=O) groups is 2. The summed E-state index contributed by atoms with van der Waals surface area (Å²) >= 11 is 6.28. The monoisotopic (exact) mass is 810 g/mol. The molecular formula is C39H37ClF6N2O6S. The molecule has 1 aliphatic rings. The Morgan fingerprint density at radius 1 is 0.909 bits per heavy atom. The van der Waals surface area contributed by atoms with Gasteiger partial charge in [-0.2, -0.15) is 4.31 Å². The minimum Gasteiger partial charge on any atom is -0.489 e. The fourth-order valence-corrected chi connectivity index (χ4v) is 7.81. The van der Waals surface area contributed by atoms with Crippen molar-refractivity contribution in [2.24, 2.45) is 0 Å². The molecular weight excluding hydrogens is 774 g/mol. The van der Waals surface area contributed by atoms with E-state index in [9.17, 15) is 40.7 Å². The minimum absolute atomic E-state index is 0.135. The minimum atomic E-state index is -5.89. The van der Waals surface area contributed by atoms with E-state index in [1.165, 1.54) is 6.07 Å². The molecule has 0 spiro atoms. The molecule has 2 N–H and O–H groups in total. The third-order valence-electron chi connectivity index (χ3n) is 8.94. The Hall–Kier alpha value is -4.60. The summed E-state index contributed by atoms with van der Waals surface area (Å²) in [6.07, 6.45) is 0.664. The van der Waals surface area contributed by atoms with Crippen LogP contribution in [-0.4, -0.2) is 41.9 Å². The van der Waals surface area contributed by atoms with E-state index in [2.05, 4.69) is 5.32 Å². The van der Waals surface area contributed by atoms with Crippen molar-refractivity contribution in [2.45, 2.75) is 88.8 Å². The van der Waals surface area contributed by atoms with Gasteiger partial charge in [-0.1, -0.05) is 56.6 Å². The van der Waals surface area contributed by atoms with Gasteiger partial charge in [-0.15, -0.1) is 0 Å². The number of benzene rings is 4. The van der Waals surface area contributed by atoms with E-state index in [1.807, 2.05) is 26.8 Å². The number of carboxylic acids is 1. The lowest BCUT2D eigenvalue weighted by molar-refractivity contribution is -0.120. The number of halogens is 7. The molecule has 4 aromatic rings. The van der Waals surface area contributed by atoms with E-state index in [0.29, 0.717) is 5.56 Å². The summed E-state index contributed by atoms with van der Waals surface area (Å²) in [6.45, 7) is 8.01. The number of carbonyl (C=O) groups excluding carboxylic acids is 1. The molecule has 0 aromatic heterocycles. The maximum Gasteiger partial charge on any atom is 0.335 e. The smallest absolute Gasteiger partial charge is 0.335 e. The number of ether oxygens (including phenoxy) is 1. The molecule has 0 saturated heterocycles. The Morgan fingerprint density at radius 3 is 2.07 bits per heavy atom. The second kappa shape index (κ2) is 15.9. The zero-order valence-electron chi connectivity index (χ0n) is 30.2. The van der Waals surface area contributed by atoms with Crippen LogP contribution in [0.1, 0.15) is 86.0 Å². The molecule has 1 aliphatic carbocycles. The van der Waals surface area contributed by atoms with Crippen LogP contribution in [0.3, 0.4) is 0 Å². The van der Waals surface area contributed by atoms with Crippen molar-refractivity contribution >= 4 is 39.2 Å². The van der Waals surface area contributed by atoms with E-state index in [1.54, 1.807) is 26.0 Å². The number of anilines is 1. The third kappa shape index (κ3) is 9.11. The Bertz CT molecular complexity index is 2250. The van der Waals surface area contributed by atoms with Gasteiger partial charge in [0, 0.05) is 11.6 Å². The Balaban J connectivity index is 1.77. The number of carboxylic acid groups (broad SMARTS) is 1. The quantitative estimate of drug-likeness (QED) is 0.0791. The Kier molecular flexibility index (Phi) is 12.0. The maximum absolute atomic E-state index is 15.4. The number of rotatable bonds is 13. The highest BCUT2D eigenvalue weighted by Gasteiger charge is 2.43. The largest absolute Gasteiger partial charge is 0.489 e. The zero-order chi connectivity index (χ0) is 40.7. The van der Waals surface area contributed by atoms with E-state index in [4.69, 9.17) is 16.3 Å². The van der Waals surface area contributed by atoms with Crippen LogP contribution in [0.25, 0.3) is 0 Å². The molecule has 0 aliphatic heterocycles. The molecule has 0 heterocycles. The zero-order valence-corrected chi connectivity index (χ0v) is 31.8. The molecule has 1 saturated carbocycles. The van der Waals surface area contributed by atoms with Crippen LogP contribution in [0, 0.1) is 34.9 Å². The van der Waals surface area contributed by atoms with Crippen LogP contribution in [0.2, 0.25) is 5.02 Å². The molecule has 16 heteroatoms. The summed E-state index contributed by atoms with van der Waals surface area (Å²) in [5.74, 6) is -16.3. The first kappa shape index (κ1) is 41.6. The summed E-state index contributed by atoms with van der Waals surface area (Å²) in [7, 11) is -5.89. The molecule has 55 heavy (non-hydrogen) atoms. The highest BCUT2D eigenvalue weighted by Crippen LogP contribution is 2.42. The highest BCUT2D eigenvalue weighted by atomic mass is 35.5. The first-order valence-electron chi connectivity index (χ1n) is 17.1. The van der Waals surface area contributed by atoms with Crippen molar-refractivity contribution in [2.75, 3.05) is 5.32 Å². The number of hydrogen-bond acceptors (Lipinski definition) is 5. The SMILES string of the molecule is CC(C)Oc1cc(C(=O)O)ccc1NC(=O)C(Cc1cc(C2CC2)cc(C(C)(C)C)c1)N(Cc1ccc(F)cc1Cl)S(=O)(=O)c1c(F)c(F)c(F)c(F)c1F. The molecule has 1 atom stereocenters. The predicted molar refractivity (Wildman–Crippen MR) is 193 cm³/mol. The van der Waals surface area contributed by atoms with Gasteiger partial charge in [-0.25, -0.2) is 39.6 Å². The van der Waals surface area contributed by atoms with E-state index in [-0.39, 0.29) is 37.8 Å². The molecule has 5 rings (SSSR count). The van der Waals surface area contributed by atoms with Crippen LogP contribution >= 0.6 is 11.6 Å². The molecule has 0 radical (unpaired) electrons. The molecule has 8 nitrogen and oxygen atoms in total. The second-order valence-electron chi connectivity index (χ2n) is 14.6. The van der Waals surface area contributed by atoms with Gasteiger partial charge >= 0.3 is 5.97 Å². The van der Waals surface area contributed by atoms with Crippen molar-refractivity contribution in [1.82, 2.24) is 4.31 Å². The Morgan fingerprint density at radius 2 is 1.53 bits per heavy atom. The van der Waals surface area contributed by atoms with E-state index in [0.717, 1.165) is 54.3 Å². The fraction of sp³-hybridized carbons (Fsp3) is 0.333. The second-order valence-corrected chi connectivity index (χ2v) is 16.8. The van der Waals surface area contributed by atoms with Gasteiger partial charge in [0.1, 0.15) is 17.6 Å². The molecule has 1 amide bonds. The van der Waals surface area contributed by atoms with Crippen LogP contribution in [-0.2, 0) is 33.2 Å². The number of hydrogen-bond donors (Lipinski definition) is 2. The van der Waals surface area contributed by atoms with E-state index >= 15 is 8.78 Å². The number of nitrogens with one attached hydrogen (secondary N) is 1. The lowest BCUT2D eigenvalue weighted by atomic mass is 9.83. The summed E-state index contributed by atoms with van der Waals surface area (Å²) in [4.78, 5) is 24.1. The maximum atomic E-state index is 15.4. The van der Waals surface area contributed by atoms with Crippen LogP contribution in [0.4, 0.5) is 32.0 Å². The standard InChI is InChI=1S/C39H37ClF6N2O6S/c1-19(2)54-30-16-22(38(50)51)9-11-28(30)47-37(49)29(14-20-12-24(21-6-7-21)15-25(13-20)39(3,4)5)48(18-23-8-10-26(41)17-27(23)40)55(52,53)36-34(45)32(43)31(42)33(44)35(36)46/h8-13,15-17,19,21,29H,6-7,14,18H2,1-5H3,(H,47,49)(H,50,51). The summed E-state index contributed by atoms with van der Waals surface area (Å²) in [5, 5.41) is 11.7. The number of nitrogens with zero attached hydrogens (tertiary/aromatic N) is 1. The molecule has 0 bridgehead atoms. The average Bonchev–Trinajstić information content (AvgIpc) is 3.94. The topological polar surface area (TPSA) is 113 Å². The first-order valence-corrected chi connectivity index (χ1v) is 18.9. The van der Waals surface area contributed by atoms with Crippen molar-refractivity contribution < 1.29 is 54.2 Å². The fourth-order valence-electron chi connectivity index (χ4n) is 5.91.